The van der Waals surface area contributed by atoms with Gasteiger partial charge in [-0.2, -0.15) is 0 Å². The second-order valence-electron chi connectivity index (χ2n) is 6.17. The second-order valence-corrected chi connectivity index (χ2v) is 6.17. The Balaban J connectivity index is 1.90. The summed E-state index contributed by atoms with van der Waals surface area (Å²) in [5.41, 5.74) is 3.67. The summed E-state index contributed by atoms with van der Waals surface area (Å²) in [6, 6.07) is 10.7. The molecule has 0 saturated carbocycles. The van der Waals surface area contributed by atoms with Gasteiger partial charge >= 0.3 is 0 Å². The van der Waals surface area contributed by atoms with Crippen LogP contribution in [-0.4, -0.2) is 24.9 Å². The van der Waals surface area contributed by atoms with Crippen molar-refractivity contribution < 1.29 is 15.3 Å². The molecule has 2 aromatic carbocycles. The van der Waals surface area contributed by atoms with E-state index in [-0.39, 0.29) is 11.5 Å². The van der Waals surface area contributed by atoms with Crippen LogP contribution in [-0.2, 0) is 6.54 Å². The molecule has 1 aromatic heterocycles. The van der Waals surface area contributed by atoms with E-state index >= 15 is 0 Å². The van der Waals surface area contributed by atoms with Crippen LogP contribution in [0.3, 0.4) is 0 Å². The van der Waals surface area contributed by atoms with Gasteiger partial charge in [0.2, 0.25) is 0 Å². The lowest BCUT2D eigenvalue weighted by atomic mass is 10.0. The number of hydrogen-bond donors (Lipinski definition) is 3. The fourth-order valence-electron chi connectivity index (χ4n) is 3.18. The Hall–Kier alpha value is -3.21. The van der Waals surface area contributed by atoms with Gasteiger partial charge < -0.3 is 19.9 Å². The molecule has 1 aliphatic carbocycles. The highest BCUT2D eigenvalue weighted by atomic mass is 16.3. The zero-order valence-electron chi connectivity index (χ0n) is 13.6. The predicted octanol–water partition coefficient (Wildman–Crippen LogP) is 4.10. The van der Waals surface area contributed by atoms with Gasteiger partial charge in [-0.15, -0.1) is 0 Å². The van der Waals surface area contributed by atoms with Crippen LogP contribution >= 0.6 is 0 Å². The summed E-state index contributed by atoms with van der Waals surface area (Å²) < 4.78 is 2.07. The first-order valence-corrected chi connectivity index (χ1v) is 8.18. The highest BCUT2D eigenvalue weighted by Gasteiger charge is 2.17. The average molecular weight is 334 g/mol. The van der Waals surface area contributed by atoms with Crippen LogP contribution < -0.4 is 0 Å². The van der Waals surface area contributed by atoms with E-state index < -0.39 is 5.75 Å². The number of rotatable bonds is 3. The molecule has 0 amide bonds. The number of aromatic nitrogens is 2. The number of para-hydroxylation sites is 2. The van der Waals surface area contributed by atoms with Crippen LogP contribution in [0.1, 0.15) is 12.8 Å². The van der Waals surface area contributed by atoms with E-state index in [1.807, 2.05) is 24.3 Å². The SMILES string of the molecule is Oc1cc(-c2nc3ccccc3n2CC2=CC=CCC2)cc(O)c1O. The van der Waals surface area contributed by atoms with Crippen molar-refractivity contribution in [3.8, 4) is 28.6 Å². The standard InChI is InChI=1S/C20H18N2O3/c23-17-10-14(11-18(24)19(17)25)20-21-15-8-4-5-9-16(15)22(20)12-13-6-2-1-3-7-13/h1-2,4-6,8-11,23-25H,3,7,12H2. The number of hydrogen-bond acceptors (Lipinski definition) is 4. The van der Waals surface area contributed by atoms with Gasteiger partial charge in [-0.25, -0.2) is 4.98 Å². The minimum atomic E-state index is -0.522. The zero-order chi connectivity index (χ0) is 17.4. The minimum Gasteiger partial charge on any atom is -0.504 e. The third-order valence-electron chi connectivity index (χ3n) is 4.44. The summed E-state index contributed by atoms with van der Waals surface area (Å²) in [5, 5.41) is 29.3. The summed E-state index contributed by atoms with van der Waals surface area (Å²) >= 11 is 0. The number of benzene rings is 2. The maximum Gasteiger partial charge on any atom is 0.200 e. The molecule has 126 valence electrons. The first kappa shape index (κ1) is 15.3. The normalized spacial score (nSPS) is 14.0. The van der Waals surface area contributed by atoms with Gasteiger partial charge in [0.1, 0.15) is 5.82 Å². The third kappa shape index (κ3) is 2.74. The molecule has 0 bridgehead atoms. The first-order chi connectivity index (χ1) is 12.1. The van der Waals surface area contributed by atoms with Crippen molar-refractivity contribution in [2.24, 2.45) is 0 Å². The number of aromatic hydroxyl groups is 3. The molecule has 5 heteroatoms. The largest absolute Gasteiger partial charge is 0.504 e. The molecular weight excluding hydrogens is 316 g/mol. The molecule has 0 saturated heterocycles. The average Bonchev–Trinajstić information content (AvgIpc) is 2.99. The molecule has 1 heterocycles. The number of imidazole rings is 1. The van der Waals surface area contributed by atoms with Crippen molar-refractivity contribution in [3.05, 3.63) is 60.2 Å². The van der Waals surface area contributed by atoms with Crippen LogP contribution in [0.4, 0.5) is 0 Å². The number of nitrogens with zero attached hydrogens (tertiary/aromatic N) is 2. The van der Waals surface area contributed by atoms with E-state index in [1.165, 1.54) is 17.7 Å². The highest BCUT2D eigenvalue weighted by Crippen LogP contribution is 2.39. The first-order valence-electron chi connectivity index (χ1n) is 8.18. The van der Waals surface area contributed by atoms with Gasteiger partial charge in [-0.3, -0.25) is 0 Å². The lowest BCUT2D eigenvalue weighted by molar-refractivity contribution is 0.368. The summed E-state index contributed by atoms with van der Waals surface area (Å²) in [7, 11) is 0. The van der Waals surface area contributed by atoms with Crippen molar-refractivity contribution in [1.82, 2.24) is 9.55 Å². The monoisotopic (exact) mass is 334 g/mol. The Morgan fingerprint density at radius 2 is 1.80 bits per heavy atom. The van der Waals surface area contributed by atoms with E-state index in [4.69, 9.17) is 0 Å². The van der Waals surface area contributed by atoms with E-state index in [2.05, 4.69) is 27.8 Å². The molecule has 3 aromatic rings. The summed E-state index contributed by atoms with van der Waals surface area (Å²) in [4.78, 5) is 4.67. The maximum atomic E-state index is 9.86. The van der Waals surface area contributed by atoms with Crippen molar-refractivity contribution in [1.29, 1.82) is 0 Å². The van der Waals surface area contributed by atoms with Crippen LogP contribution in [0.2, 0.25) is 0 Å². The van der Waals surface area contributed by atoms with Gasteiger partial charge in [0, 0.05) is 12.1 Å². The summed E-state index contributed by atoms with van der Waals surface area (Å²) in [6.07, 6.45) is 8.35. The lowest BCUT2D eigenvalue weighted by Crippen LogP contribution is -2.04. The van der Waals surface area contributed by atoms with Gasteiger partial charge in [0.15, 0.2) is 17.2 Å². The number of allylic oxidation sites excluding steroid dienone is 4. The Morgan fingerprint density at radius 1 is 1.04 bits per heavy atom. The quantitative estimate of drug-likeness (QED) is 0.630. The van der Waals surface area contributed by atoms with E-state index in [0.717, 1.165) is 23.9 Å². The van der Waals surface area contributed by atoms with E-state index in [9.17, 15) is 15.3 Å². The third-order valence-corrected chi connectivity index (χ3v) is 4.44. The minimum absolute atomic E-state index is 0.367. The summed E-state index contributed by atoms with van der Waals surface area (Å²) in [6.45, 7) is 0.683. The smallest absolute Gasteiger partial charge is 0.200 e. The Morgan fingerprint density at radius 3 is 2.52 bits per heavy atom. The molecule has 3 N–H and O–H groups in total. The van der Waals surface area contributed by atoms with E-state index in [0.29, 0.717) is 17.9 Å². The molecule has 25 heavy (non-hydrogen) atoms. The van der Waals surface area contributed by atoms with Gasteiger partial charge in [-0.05, 0) is 37.1 Å². The predicted molar refractivity (Wildman–Crippen MR) is 96.6 cm³/mol. The molecule has 0 fully saturated rings. The molecule has 0 spiro atoms. The number of phenols is 3. The Labute approximate surface area is 144 Å². The van der Waals surface area contributed by atoms with Gasteiger partial charge in [0.25, 0.3) is 0 Å². The topological polar surface area (TPSA) is 78.5 Å². The zero-order valence-corrected chi connectivity index (χ0v) is 13.6. The van der Waals surface area contributed by atoms with Gasteiger partial charge in [-0.1, -0.05) is 35.9 Å². The van der Waals surface area contributed by atoms with Crippen molar-refractivity contribution >= 4 is 11.0 Å². The fraction of sp³-hybridized carbons (Fsp3) is 0.150. The fourth-order valence-corrected chi connectivity index (χ4v) is 3.18. The molecule has 5 nitrogen and oxygen atoms in total. The second kappa shape index (κ2) is 6.02. The van der Waals surface area contributed by atoms with Crippen LogP contribution in [0, 0.1) is 0 Å². The molecule has 1 aliphatic rings. The van der Waals surface area contributed by atoms with Gasteiger partial charge in [0.05, 0.1) is 11.0 Å². The number of fused-ring (bicyclic) bond motifs is 1. The van der Waals surface area contributed by atoms with Crippen molar-refractivity contribution in [2.75, 3.05) is 0 Å². The Kier molecular flexibility index (Phi) is 3.69. The van der Waals surface area contributed by atoms with Crippen LogP contribution in [0.25, 0.3) is 22.4 Å². The number of phenolic OH excluding ortho intramolecular Hbond substituents is 3. The molecule has 0 unspecified atom stereocenters. The molecule has 0 atom stereocenters. The van der Waals surface area contributed by atoms with Crippen molar-refractivity contribution in [3.63, 3.8) is 0 Å². The maximum absolute atomic E-state index is 9.86. The molecular formula is C20H18N2O3. The Bertz CT molecular complexity index is 992. The lowest BCUT2D eigenvalue weighted by Gasteiger charge is -2.14. The van der Waals surface area contributed by atoms with Crippen LogP contribution in [0.5, 0.6) is 17.2 Å². The summed E-state index contributed by atoms with van der Waals surface area (Å²) in [5.74, 6) is -0.615. The highest BCUT2D eigenvalue weighted by molar-refractivity contribution is 5.81. The van der Waals surface area contributed by atoms with Crippen LogP contribution in [0.15, 0.2) is 60.2 Å². The van der Waals surface area contributed by atoms with E-state index in [1.54, 1.807) is 0 Å². The van der Waals surface area contributed by atoms with Crippen molar-refractivity contribution in [2.45, 2.75) is 19.4 Å². The molecule has 0 aliphatic heterocycles. The molecule has 4 rings (SSSR count). The molecule has 0 radical (unpaired) electrons.